The summed E-state index contributed by atoms with van der Waals surface area (Å²) in [5.41, 5.74) is 4.92. The molecule has 0 bridgehead atoms. The predicted octanol–water partition coefficient (Wildman–Crippen LogP) is 3.73. The molecule has 2 N–H and O–H groups in total. The number of ether oxygens (including phenoxy) is 1. The second-order valence-electron chi connectivity index (χ2n) is 4.72. The third-order valence-electron chi connectivity index (χ3n) is 3.06. The maximum atomic E-state index is 12.6. The van der Waals surface area contributed by atoms with Crippen LogP contribution < -0.4 is 10.5 Å². The molecule has 1 aromatic carbocycles. The molecule has 0 aliphatic rings. The van der Waals surface area contributed by atoms with Crippen molar-refractivity contribution in [3.8, 4) is 5.75 Å². The Morgan fingerprint density at radius 2 is 2.00 bits per heavy atom. The van der Waals surface area contributed by atoms with Gasteiger partial charge in [-0.3, -0.25) is 0 Å². The van der Waals surface area contributed by atoms with E-state index in [1.807, 2.05) is 13.0 Å². The van der Waals surface area contributed by atoms with Crippen molar-refractivity contribution in [3.63, 3.8) is 0 Å². The van der Waals surface area contributed by atoms with E-state index in [-0.39, 0.29) is 24.8 Å². The molecule has 1 atom stereocenters. The van der Waals surface area contributed by atoms with Gasteiger partial charge in [0.2, 0.25) is 0 Å². The number of alkyl halides is 3. The van der Waals surface area contributed by atoms with Crippen LogP contribution in [0.25, 0.3) is 0 Å². The molecule has 6 heteroatoms. The molecule has 1 heterocycles. The monoisotopic (exact) mass is 299 g/mol. The Labute approximate surface area is 120 Å². The van der Waals surface area contributed by atoms with Gasteiger partial charge in [0.15, 0.2) is 0 Å². The first-order valence-corrected chi connectivity index (χ1v) is 6.46. The lowest BCUT2D eigenvalue weighted by atomic mass is 10.1. The molecular formula is C15H16F3NO2. The molecule has 3 nitrogen and oxygen atoms in total. The number of rotatable bonds is 5. The Morgan fingerprint density at radius 3 is 2.57 bits per heavy atom. The van der Waals surface area contributed by atoms with Gasteiger partial charge in [0.05, 0.1) is 18.1 Å². The number of furan rings is 1. The SMILES string of the molecule is Cc1ccc(C(CN)COc2cccc(C(F)(F)F)c2)o1. The van der Waals surface area contributed by atoms with E-state index < -0.39 is 11.7 Å². The van der Waals surface area contributed by atoms with Crippen LogP contribution in [-0.4, -0.2) is 13.2 Å². The van der Waals surface area contributed by atoms with Gasteiger partial charge in [-0.15, -0.1) is 0 Å². The van der Waals surface area contributed by atoms with E-state index in [1.54, 1.807) is 6.07 Å². The molecule has 2 rings (SSSR count). The first kappa shape index (κ1) is 15.4. The second kappa shape index (κ2) is 6.22. The van der Waals surface area contributed by atoms with Crippen LogP contribution in [0.4, 0.5) is 13.2 Å². The third kappa shape index (κ3) is 4.01. The van der Waals surface area contributed by atoms with Gasteiger partial charge in [-0.2, -0.15) is 13.2 Å². The summed E-state index contributed by atoms with van der Waals surface area (Å²) in [7, 11) is 0. The fourth-order valence-corrected chi connectivity index (χ4v) is 1.90. The normalized spacial score (nSPS) is 13.2. The van der Waals surface area contributed by atoms with E-state index in [2.05, 4.69) is 0 Å². The van der Waals surface area contributed by atoms with Gasteiger partial charge in [-0.05, 0) is 37.3 Å². The summed E-state index contributed by atoms with van der Waals surface area (Å²) in [6.07, 6.45) is -4.38. The van der Waals surface area contributed by atoms with E-state index in [4.69, 9.17) is 14.9 Å². The van der Waals surface area contributed by atoms with Gasteiger partial charge < -0.3 is 14.9 Å². The van der Waals surface area contributed by atoms with Crippen LogP contribution in [0.3, 0.4) is 0 Å². The molecule has 1 aromatic heterocycles. The molecular weight excluding hydrogens is 283 g/mol. The minimum Gasteiger partial charge on any atom is -0.493 e. The molecule has 0 aliphatic carbocycles. The van der Waals surface area contributed by atoms with Crippen LogP contribution in [0.2, 0.25) is 0 Å². The summed E-state index contributed by atoms with van der Waals surface area (Å²) in [6.45, 7) is 2.25. The van der Waals surface area contributed by atoms with Crippen LogP contribution in [0.15, 0.2) is 40.8 Å². The van der Waals surface area contributed by atoms with Crippen LogP contribution >= 0.6 is 0 Å². The Morgan fingerprint density at radius 1 is 1.24 bits per heavy atom. The molecule has 0 saturated heterocycles. The highest BCUT2D eigenvalue weighted by Gasteiger charge is 2.30. The molecule has 0 amide bonds. The third-order valence-corrected chi connectivity index (χ3v) is 3.06. The molecule has 0 fully saturated rings. The zero-order chi connectivity index (χ0) is 15.5. The Balaban J connectivity index is 2.05. The van der Waals surface area contributed by atoms with Crippen molar-refractivity contribution in [1.29, 1.82) is 0 Å². The van der Waals surface area contributed by atoms with Gasteiger partial charge in [0, 0.05) is 6.54 Å². The largest absolute Gasteiger partial charge is 0.493 e. The summed E-state index contributed by atoms with van der Waals surface area (Å²) < 4.78 is 48.7. The van der Waals surface area contributed by atoms with E-state index in [9.17, 15) is 13.2 Å². The van der Waals surface area contributed by atoms with Crippen molar-refractivity contribution >= 4 is 0 Å². The number of hydrogen-bond donors (Lipinski definition) is 1. The van der Waals surface area contributed by atoms with E-state index in [1.165, 1.54) is 12.1 Å². The molecule has 0 saturated carbocycles. The summed E-state index contributed by atoms with van der Waals surface area (Å²) in [6, 6.07) is 8.37. The van der Waals surface area contributed by atoms with Gasteiger partial charge in [0.1, 0.15) is 17.3 Å². The topological polar surface area (TPSA) is 48.4 Å². The van der Waals surface area contributed by atoms with Crippen molar-refractivity contribution in [1.82, 2.24) is 0 Å². The van der Waals surface area contributed by atoms with E-state index in [0.717, 1.165) is 17.9 Å². The molecule has 0 spiro atoms. The van der Waals surface area contributed by atoms with Crippen LogP contribution in [0.1, 0.15) is 23.0 Å². The quantitative estimate of drug-likeness (QED) is 0.915. The highest BCUT2D eigenvalue weighted by atomic mass is 19.4. The minimum atomic E-state index is -4.38. The number of benzene rings is 1. The number of hydrogen-bond acceptors (Lipinski definition) is 3. The second-order valence-corrected chi connectivity index (χ2v) is 4.72. The average Bonchev–Trinajstić information content (AvgIpc) is 2.85. The Kier molecular flexibility index (Phi) is 4.57. The van der Waals surface area contributed by atoms with Crippen LogP contribution in [-0.2, 0) is 6.18 Å². The number of halogens is 3. The first-order valence-electron chi connectivity index (χ1n) is 6.46. The maximum absolute atomic E-state index is 12.6. The Hall–Kier alpha value is -1.95. The van der Waals surface area contributed by atoms with Gasteiger partial charge in [0.25, 0.3) is 0 Å². The van der Waals surface area contributed by atoms with Crippen molar-refractivity contribution in [2.24, 2.45) is 5.73 Å². The molecule has 1 unspecified atom stereocenters. The van der Waals surface area contributed by atoms with Gasteiger partial charge in [-0.1, -0.05) is 6.07 Å². The van der Waals surface area contributed by atoms with Crippen molar-refractivity contribution < 1.29 is 22.3 Å². The lowest BCUT2D eigenvalue weighted by Crippen LogP contribution is -2.19. The fraction of sp³-hybridized carbons (Fsp3) is 0.333. The van der Waals surface area contributed by atoms with Crippen molar-refractivity contribution in [3.05, 3.63) is 53.5 Å². The molecule has 114 valence electrons. The lowest BCUT2D eigenvalue weighted by Gasteiger charge is -2.15. The highest BCUT2D eigenvalue weighted by molar-refractivity contribution is 5.30. The number of aryl methyl sites for hydroxylation is 1. The first-order chi connectivity index (χ1) is 9.90. The lowest BCUT2D eigenvalue weighted by molar-refractivity contribution is -0.137. The minimum absolute atomic E-state index is 0.158. The number of nitrogens with two attached hydrogens (primary N) is 1. The van der Waals surface area contributed by atoms with Crippen LogP contribution in [0, 0.1) is 6.92 Å². The summed E-state index contributed by atoms with van der Waals surface area (Å²) >= 11 is 0. The van der Waals surface area contributed by atoms with E-state index >= 15 is 0 Å². The molecule has 0 aliphatic heterocycles. The van der Waals surface area contributed by atoms with Gasteiger partial charge >= 0.3 is 6.18 Å². The smallest absolute Gasteiger partial charge is 0.416 e. The summed E-state index contributed by atoms with van der Waals surface area (Å²) in [5, 5.41) is 0. The molecule has 2 aromatic rings. The summed E-state index contributed by atoms with van der Waals surface area (Å²) in [4.78, 5) is 0. The predicted molar refractivity (Wildman–Crippen MR) is 72.2 cm³/mol. The maximum Gasteiger partial charge on any atom is 0.416 e. The molecule has 21 heavy (non-hydrogen) atoms. The fourth-order valence-electron chi connectivity index (χ4n) is 1.90. The van der Waals surface area contributed by atoms with Crippen molar-refractivity contribution in [2.75, 3.05) is 13.2 Å². The summed E-state index contributed by atoms with van der Waals surface area (Å²) in [5.74, 6) is 1.38. The van der Waals surface area contributed by atoms with Crippen molar-refractivity contribution in [2.45, 2.75) is 19.0 Å². The van der Waals surface area contributed by atoms with E-state index in [0.29, 0.717) is 5.76 Å². The Bertz CT molecular complexity index is 593. The average molecular weight is 299 g/mol. The van der Waals surface area contributed by atoms with Gasteiger partial charge in [-0.25, -0.2) is 0 Å². The highest BCUT2D eigenvalue weighted by Crippen LogP contribution is 2.31. The standard InChI is InChI=1S/C15H16F3NO2/c1-10-5-6-14(21-10)11(8-19)9-20-13-4-2-3-12(7-13)15(16,17)18/h2-7,11H,8-9,19H2,1H3. The zero-order valence-corrected chi connectivity index (χ0v) is 11.5. The molecule has 0 radical (unpaired) electrons. The zero-order valence-electron chi connectivity index (χ0n) is 11.5. The van der Waals surface area contributed by atoms with Crippen LogP contribution in [0.5, 0.6) is 5.75 Å².